The van der Waals surface area contributed by atoms with Crippen LogP contribution in [0.1, 0.15) is 48.9 Å². The third-order valence-electron chi connectivity index (χ3n) is 9.76. The van der Waals surface area contributed by atoms with Gasteiger partial charge in [-0.3, -0.25) is 4.79 Å². The van der Waals surface area contributed by atoms with Crippen LogP contribution in [0.5, 0.6) is 0 Å². The second-order valence-electron chi connectivity index (χ2n) is 10.5. The predicted molar refractivity (Wildman–Crippen MR) is 125 cm³/mol. The molecule has 0 saturated heterocycles. The normalized spacial score (nSPS) is 40.3. The average Bonchev–Trinajstić information content (AvgIpc) is 3.39. The van der Waals surface area contributed by atoms with Crippen LogP contribution in [0.4, 0.5) is 0 Å². The highest BCUT2D eigenvalue weighted by Gasteiger charge is 2.94. The molecule has 2 fully saturated rings. The van der Waals surface area contributed by atoms with Crippen LogP contribution in [-0.2, 0) is 10.2 Å². The predicted octanol–water partition coefficient (Wildman–Crippen LogP) is 5.51. The first-order chi connectivity index (χ1) is 15.4. The molecule has 3 aromatic rings. The molecule has 0 heterocycles. The van der Waals surface area contributed by atoms with Crippen LogP contribution in [0.25, 0.3) is 5.57 Å². The average molecular weight is 419 g/mol. The smallest absolute Gasteiger partial charge is 0.148 e. The molecule has 1 N–H and O–H groups in total. The fraction of sp³-hybridized carbons (Fsp3) is 0.300. The monoisotopic (exact) mass is 418 g/mol. The number of fused-ring (bicyclic) bond motifs is 3. The van der Waals surface area contributed by atoms with Gasteiger partial charge < -0.3 is 5.11 Å². The fourth-order valence-corrected chi connectivity index (χ4v) is 8.74. The van der Waals surface area contributed by atoms with Gasteiger partial charge in [0.1, 0.15) is 11.4 Å². The number of hydrogen-bond donors (Lipinski definition) is 1. The van der Waals surface area contributed by atoms with E-state index in [0.29, 0.717) is 0 Å². The van der Waals surface area contributed by atoms with Gasteiger partial charge in [-0.25, -0.2) is 0 Å². The van der Waals surface area contributed by atoms with Gasteiger partial charge in [0.25, 0.3) is 0 Å². The number of rotatable bonds is 2. The van der Waals surface area contributed by atoms with Crippen molar-refractivity contribution in [1.82, 2.24) is 0 Å². The number of ketones is 1. The van der Waals surface area contributed by atoms with E-state index < -0.39 is 21.8 Å². The van der Waals surface area contributed by atoms with Crippen molar-refractivity contribution in [3.05, 3.63) is 113 Å². The third-order valence-corrected chi connectivity index (χ3v) is 9.76. The van der Waals surface area contributed by atoms with Crippen LogP contribution in [0, 0.1) is 16.7 Å². The largest absolute Gasteiger partial charge is 0.384 e. The van der Waals surface area contributed by atoms with E-state index in [4.69, 9.17) is 0 Å². The summed E-state index contributed by atoms with van der Waals surface area (Å²) >= 11 is 0. The Kier molecular flexibility index (Phi) is 3.09. The maximum Gasteiger partial charge on any atom is 0.148 e. The van der Waals surface area contributed by atoms with Crippen molar-refractivity contribution in [2.75, 3.05) is 0 Å². The van der Waals surface area contributed by atoms with Crippen molar-refractivity contribution in [2.24, 2.45) is 16.7 Å². The minimum Gasteiger partial charge on any atom is -0.384 e. The molecule has 7 rings (SSSR count). The van der Waals surface area contributed by atoms with E-state index in [0.717, 1.165) is 27.8 Å². The van der Waals surface area contributed by atoms with Gasteiger partial charge >= 0.3 is 0 Å². The highest BCUT2D eigenvalue weighted by atomic mass is 16.3. The molecule has 4 aliphatic rings. The van der Waals surface area contributed by atoms with Crippen molar-refractivity contribution in [1.29, 1.82) is 0 Å². The number of carbonyl (C=O) groups is 1. The maximum absolute atomic E-state index is 14.6. The Morgan fingerprint density at radius 3 is 2.06 bits per heavy atom. The van der Waals surface area contributed by atoms with E-state index >= 15 is 0 Å². The Morgan fingerprint density at radius 2 is 1.38 bits per heavy atom. The maximum atomic E-state index is 14.6. The number of aliphatic hydroxyl groups is 1. The number of hydrogen-bond acceptors (Lipinski definition) is 2. The van der Waals surface area contributed by atoms with Gasteiger partial charge in [-0.2, -0.15) is 0 Å². The molecular formula is C30H26O2. The van der Waals surface area contributed by atoms with Gasteiger partial charge in [0, 0.05) is 22.7 Å². The Morgan fingerprint density at radius 1 is 0.781 bits per heavy atom. The Bertz CT molecular complexity index is 1360. The molecule has 0 radical (unpaired) electrons. The second-order valence-corrected chi connectivity index (χ2v) is 10.5. The molecule has 2 saturated carbocycles. The molecule has 0 amide bonds. The molecule has 2 nitrogen and oxygen atoms in total. The van der Waals surface area contributed by atoms with Gasteiger partial charge in [0.05, 0.1) is 5.41 Å². The minimum atomic E-state index is -1.07. The highest BCUT2D eigenvalue weighted by Crippen LogP contribution is 2.90. The van der Waals surface area contributed by atoms with Crippen molar-refractivity contribution < 1.29 is 9.90 Å². The summed E-state index contributed by atoms with van der Waals surface area (Å²) in [6.45, 7) is 6.34. The lowest BCUT2D eigenvalue weighted by atomic mass is 9.53. The topological polar surface area (TPSA) is 37.3 Å². The van der Waals surface area contributed by atoms with E-state index in [-0.39, 0.29) is 17.6 Å². The summed E-state index contributed by atoms with van der Waals surface area (Å²) in [6.07, 6.45) is 0. The van der Waals surface area contributed by atoms with Crippen molar-refractivity contribution in [3.63, 3.8) is 0 Å². The zero-order valence-electron chi connectivity index (χ0n) is 18.6. The summed E-state index contributed by atoms with van der Waals surface area (Å²) in [5.74, 6) is -0.233. The Labute approximate surface area is 188 Å². The summed E-state index contributed by atoms with van der Waals surface area (Å²) in [6, 6.07) is 29.1. The van der Waals surface area contributed by atoms with Gasteiger partial charge in [-0.15, -0.1) is 0 Å². The molecular weight excluding hydrogens is 392 g/mol. The SMILES string of the molecule is CC1=C(c2ccccc2)[C@]2(C)C(=O)[C@H]3[C@]4(c5ccccc5)c5ccccc5[C@@H]2[C@]1(O)[C@]34C. The van der Waals surface area contributed by atoms with Crippen LogP contribution in [0.3, 0.4) is 0 Å². The molecule has 0 unspecified atom stereocenters. The second kappa shape index (κ2) is 5.32. The molecule has 158 valence electrons. The first kappa shape index (κ1) is 18.6. The van der Waals surface area contributed by atoms with E-state index in [1.54, 1.807) is 0 Å². The van der Waals surface area contributed by atoms with E-state index in [9.17, 15) is 9.90 Å². The Balaban J connectivity index is 1.64. The standard InChI is InChI=1S/C30H26O2/c1-18-23(19-12-6-4-7-13-19)27(2)24-21-16-10-11-17-22(21)29(20-14-8-5-9-15-20)25(26(27)31)28(29,3)30(18,24)32/h4-17,24-25,32H,1-3H3/t24-,25+,27-,28+,29-,30-/m0/s1. The molecule has 6 atom stereocenters. The molecule has 3 aromatic carbocycles. The van der Waals surface area contributed by atoms with E-state index in [1.165, 1.54) is 5.56 Å². The molecule has 4 aliphatic carbocycles. The lowest BCUT2D eigenvalue weighted by Gasteiger charge is -2.51. The number of Topliss-reactive ketones (excluding diaryl/α,β-unsaturated/α-hetero) is 1. The summed E-state index contributed by atoms with van der Waals surface area (Å²) < 4.78 is 0. The third kappa shape index (κ3) is 1.51. The van der Waals surface area contributed by atoms with Gasteiger partial charge in [-0.1, -0.05) is 91.9 Å². The van der Waals surface area contributed by atoms with E-state index in [2.05, 4.69) is 81.4 Å². The number of allylic oxidation sites excluding steroid dienone is 1. The molecule has 4 bridgehead atoms. The molecule has 32 heavy (non-hydrogen) atoms. The first-order valence-electron chi connectivity index (χ1n) is 11.6. The summed E-state index contributed by atoms with van der Waals surface area (Å²) in [4.78, 5) is 14.6. The van der Waals surface area contributed by atoms with E-state index in [1.807, 2.05) is 24.3 Å². The molecule has 0 spiro atoms. The summed E-state index contributed by atoms with van der Waals surface area (Å²) in [5.41, 5.74) is 3.67. The van der Waals surface area contributed by atoms with Crippen LogP contribution in [0.15, 0.2) is 90.5 Å². The molecule has 0 aromatic heterocycles. The van der Waals surface area contributed by atoms with Gasteiger partial charge in [0.15, 0.2) is 0 Å². The first-order valence-corrected chi connectivity index (χ1v) is 11.6. The Hall–Kier alpha value is -2.97. The van der Waals surface area contributed by atoms with Crippen LogP contribution < -0.4 is 0 Å². The highest BCUT2D eigenvalue weighted by molar-refractivity contribution is 6.11. The summed E-state index contributed by atoms with van der Waals surface area (Å²) in [7, 11) is 0. The van der Waals surface area contributed by atoms with Gasteiger partial charge in [0.2, 0.25) is 0 Å². The van der Waals surface area contributed by atoms with Crippen LogP contribution >= 0.6 is 0 Å². The molecule has 2 heteroatoms. The fourth-order valence-electron chi connectivity index (χ4n) is 8.74. The lowest BCUT2D eigenvalue weighted by Crippen LogP contribution is -2.56. The van der Waals surface area contributed by atoms with Crippen LogP contribution in [-0.4, -0.2) is 16.5 Å². The number of carbonyl (C=O) groups excluding carboxylic acids is 1. The zero-order chi connectivity index (χ0) is 22.1. The summed E-state index contributed by atoms with van der Waals surface area (Å²) in [5, 5.41) is 12.8. The molecule has 0 aliphatic heterocycles. The van der Waals surface area contributed by atoms with Gasteiger partial charge in [-0.05, 0) is 47.2 Å². The minimum absolute atomic E-state index is 0.247. The van der Waals surface area contributed by atoms with Crippen LogP contribution in [0.2, 0.25) is 0 Å². The zero-order valence-corrected chi connectivity index (χ0v) is 18.6. The quantitative estimate of drug-likeness (QED) is 0.596. The van der Waals surface area contributed by atoms with Crippen molar-refractivity contribution in [2.45, 2.75) is 37.7 Å². The number of benzene rings is 3. The van der Waals surface area contributed by atoms with Crippen molar-refractivity contribution >= 4 is 11.4 Å². The lowest BCUT2D eigenvalue weighted by molar-refractivity contribution is -0.140. The van der Waals surface area contributed by atoms with Crippen molar-refractivity contribution in [3.8, 4) is 0 Å².